The summed E-state index contributed by atoms with van der Waals surface area (Å²) in [7, 11) is 1.76. The lowest BCUT2D eigenvalue weighted by atomic mass is 9.98. The van der Waals surface area contributed by atoms with Gasteiger partial charge in [0.05, 0.1) is 5.69 Å². The molecule has 90 valence electrons. The summed E-state index contributed by atoms with van der Waals surface area (Å²) in [6, 6.07) is 8.21. The minimum atomic E-state index is 0.250. The molecule has 0 amide bonds. The van der Waals surface area contributed by atoms with Crippen molar-refractivity contribution >= 4 is 0 Å². The summed E-state index contributed by atoms with van der Waals surface area (Å²) in [6.45, 7) is 6.19. The summed E-state index contributed by atoms with van der Waals surface area (Å²) in [4.78, 5) is 0. The van der Waals surface area contributed by atoms with E-state index in [9.17, 15) is 5.11 Å². The average Bonchev–Trinajstić information content (AvgIpc) is 2.56. The number of benzene rings is 1. The fourth-order valence-electron chi connectivity index (χ4n) is 1.99. The molecule has 0 atom stereocenters. The van der Waals surface area contributed by atoms with Gasteiger partial charge in [-0.2, -0.15) is 5.10 Å². The minimum Gasteiger partial charge on any atom is -0.493 e. The Morgan fingerprint density at radius 1 is 1.18 bits per heavy atom. The predicted octanol–water partition coefficient (Wildman–Crippen LogP) is 3.22. The maximum Gasteiger partial charge on any atom is 0.213 e. The van der Waals surface area contributed by atoms with Crippen molar-refractivity contribution in [3.8, 4) is 17.1 Å². The highest BCUT2D eigenvalue weighted by Gasteiger charge is 2.19. The van der Waals surface area contributed by atoms with Gasteiger partial charge < -0.3 is 5.11 Å². The summed E-state index contributed by atoms with van der Waals surface area (Å²) in [5.41, 5.74) is 4.06. The number of hydrogen-bond acceptors (Lipinski definition) is 2. The first-order valence-electron chi connectivity index (χ1n) is 5.83. The zero-order chi connectivity index (χ0) is 12.6. The summed E-state index contributed by atoms with van der Waals surface area (Å²) >= 11 is 0. The Balaban J connectivity index is 2.59. The van der Waals surface area contributed by atoms with Crippen LogP contribution < -0.4 is 0 Å². The fraction of sp³-hybridized carbons (Fsp3) is 0.357. The van der Waals surface area contributed by atoms with Gasteiger partial charge in [-0.3, -0.25) is 0 Å². The maximum absolute atomic E-state index is 10.0. The second-order valence-electron chi connectivity index (χ2n) is 4.73. The number of aromatic nitrogens is 2. The molecule has 0 spiro atoms. The van der Waals surface area contributed by atoms with Crippen molar-refractivity contribution in [3.63, 3.8) is 0 Å². The first-order chi connectivity index (χ1) is 8.00. The average molecular weight is 230 g/mol. The molecule has 2 rings (SSSR count). The van der Waals surface area contributed by atoms with Gasteiger partial charge >= 0.3 is 0 Å². The standard InChI is InChI=1S/C14H18N2O/c1-9(2)12-13(15-16(4)14(12)17)11-7-5-10(3)6-8-11/h5-9,17H,1-4H3. The largest absolute Gasteiger partial charge is 0.493 e. The van der Waals surface area contributed by atoms with Crippen LogP contribution >= 0.6 is 0 Å². The molecule has 0 unspecified atom stereocenters. The Bertz CT molecular complexity index is 524. The molecule has 0 aliphatic carbocycles. The molecular weight excluding hydrogens is 212 g/mol. The smallest absolute Gasteiger partial charge is 0.213 e. The third-order valence-electron chi connectivity index (χ3n) is 2.95. The summed E-state index contributed by atoms with van der Waals surface area (Å²) in [6.07, 6.45) is 0. The Hall–Kier alpha value is -1.77. The zero-order valence-electron chi connectivity index (χ0n) is 10.7. The van der Waals surface area contributed by atoms with Gasteiger partial charge in [-0.05, 0) is 12.8 Å². The molecule has 3 heteroatoms. The normalized spacial score (nSPS) is 11.1. The van der Waals surface area contributed by atoms with Gasteiger partial charge in [0, 0.05) is 18.2 Å². The summed E-state index contributed by atoms with van der Waals surface area (Å²) < 4.78 is 1.53. The molecule has 17 heavy (non-hydrogen) atoms. The van der Waals surface area contributed by atoms with Crippen molar-refractivity contribution in [2.75, 3.05) is 0 Å². The van der Waals surface area contributed by atoms with Gasteiger partial charge in [-0.15, -0.1) is 0 Å². The van der Waals surface area contributed by atoms with E-state index < -0.39 is 0 Å². The summed E-state index contributed by atoms with van der Waals surface area (Å²) in [5.74, 6) is 0.510. The van der Waals surface area contributed by atoms with E-state index in [0.717, 1.165) is 16.8 Å². The van der Waals surface area contributed by atoms with Crippen LogP contribution in [0.2, 0.25) is 0 Å². The molecular formula is C14H18N2O. The second kappa shape index (κ2) is 4.24. The van der Waals surface area contributed by atoms with E-state index in [1.165, 1.54) is 10.2 Å². The van der Waals surface area contributed by atoms with Crippen LogP contribution in [0.5, 0.6) is 5.88 Å². The van der Waals surface area contributed by atoms with Gasteiger partial charge in [0.15, 0.2) is 0 Å². The Morgan fingerprint density at radius 2 is 1.76 bits per heavy atom. The molecule has 0 saturated heterocycles. The Morgan fingerprint density at radius 3 is 2.29 bits per heavy atom. The van der Waals surface area contributed by atoms with Crippen molar-refractivity contribution < 1.29 is 5.11 Å². The molecule has 0 fully saturated rings. The van der Waals surface area contributed by atoms with Crippen molar-refractivity contribution in [3.05, 3.63) is 35.4 Å². The molecule has 1 aromatic heterocycles. The first-order valence-corrected chi connectivity index (χ1v) is 5.83. The molecule has 0 aliphatic heterocycles. The second-order valence-corrected chi connectivity index (χ2v) is 4.73. The van der Waals surface area contributed by atoms with Crippen LogP contribution in [0.15, 0.2) is 24.3 Å². The zero-order valence-corrected chi connectivity index (χ0v) is 10.7. The molecule has 0 saturated carbocycles. The van der Waals surface area contributed by atoms with Gasteiger partial charge in [0.1, 0.15) is 0 Å². The minimum absolute atomic E-state index is 0.250. The van der Waals surface area contributed by atoms with E-state index in [1.54, 1.807) is 7.05 Å². The fourth-order valence-corrected chi connectivity index (χ4v) is 1.99. The summed E-state index contributed by atoms with van der Waals surface area (Å²) in [5, 5.41) is 14.4. The lowest BCUT2D eigenvalue weighted by molar-refractivity contribution is 0.412. The van der Waals surface area contributed by atoms with Crippen molar-refractivity contribution in [2.45, 2.75) is 26.7 Å². The van der Waals surface area contributed by atoms with Gasteiger partial charge in [-0.1, -0.05) is 43.7 Å². The molecule has 3 nitrogen and oxygen atoms in total. The topological polar surface area (TPSA) is 38.0 Å². The molecule has 1 aromatic carbocycles. The van der Waals surface area contributed by atoms with Crippen LogP contribution in [0, 0.1) is 6.92 Å². The van der Waals surface area contributed by atoms with E-state index in [-0.39, 0.29) is 11.8 Å². The SMILES string of the molecule is Cc1ccc(-c2nn(C)c(O)c2C(C)C)cc1. The van der Waals surface area contributed by atoms with Crippen molar-refractivity contribution in [2.24, 2.45) is 7.05 Å². The number of aryl methyl sites for hydroxylation is 2. The molecule has 1 heterocycles. The van der Waals surface area contributed by atoms with E-state index >= 15 is 0 Å². The highest BCUT2D eigenvalue weighted by molar-refractivity contribution is 5.66. The van der Waals surface area contributed by atoms with Gasteiger partial charge in [-0.25, -0.2) is 4.68 Å². The van der Waals surface area contributed by atoms with Crippen molar-refractivity contribution in [1.82, 2.24) is 9.78 Å². The first kappa shape index (κ1) is 11.7. The Kier molecular flexibility index (Phi) is 2.92. The van der Waals surface area contributed by atoms with Crippen molar-refractivity contribution in [1.29, 1.82) is 0 Å². The number of aromatic hydroxyl groups is 1. The lowest BCUT2D eigenvalue weighted by Crippen LogP contribution is -1.89. The Labute approximate surface area is 102 Å². The third kappa shape index (κ3) is 2.05. The van der Waals surface area contributed by atoms with Crippen LogP contribution in [0.4, 0.5) is 0 Å². The maximum atomic E-state index is 10.0. The van der Waals surface area contributed by atoms with Gasteiger partial charge in [0.2, 0.25) is 5.88 Å². The van der Waals surface area contributed by atoms with E-state index in [4.69, 9.17) is 0 Å². The monoisotopic (exact) mass is 230 g/mol. The van der Waals surface area contributed by atoms with E-state index in [0.29, 0.717) is 0 Å². The van der Waals surface area contributed by atoms with Crippen LogP contribution in [-0.4, -0.2) is 14.9 Å². The molecule has 0 bridgehead atoms. The van der Waals surface area contributed by atoms with E-state index in [1.807, 2.05) is 12.1 Å². The van der Waals surface area contributed by atoms with Crippen LogP contribution in [0.1, 0.15) is 30.9 Å². The quantitative estimate of drug-likeness (QED) is 0.860. The lowest BCUT2D eigenvalue weighted by Gasteiger charge is -2.06. The van der Waals surface area contributed by atoms with Gasteiger partial charge in [0.25, 0.3) is 0 Å². The highest BCUT2D eigenvalue weighted by atomic mass is 16.3. The number of hydrogen-bond donors (Lipinski definition) is 1. The molecule has 0 radical (unpaired) electrons. The van der Waals surface area contributed by atoms with E-state index in [2.05, 4.69) is 38.0 Å². The van der Waals surface area contributed by atoms with Crippen LogP contribution in [-0.2, 0) is 7.05 Å². The highest BCUT2D eigenvalue weighted by Crippen LogP contribution is 2.34. The predicted molar refractivity (Wildman–Crippen MR) is 69.1 cm³/mol. The number of rotatable bonds is 2. The van der Waals surface area contributed by atoms with Crippen LogP contribution in [0.3, 0.4) is 0 Å². The van der Waals surface area contributed by atoms with Crippen LogP contribution in [0.25, 0.3) is 11.3 Å². The third-order valence-corrected chi connectivity index (χ3v) is 2.95. The number of nitrogens with zero attached hydrogens (tertiary/aromatic N) is 2. The molecule has 1 N–H and O–H groups in total. The molecule has 0 aliphatic rings. The molecule has 2 aromatic rings.